The lowest BCUT2D eigenvalue weighted by Gasteiger charge is -2.26. The molecule has 2 atom stereocenters. The number of rotatable bonds is 8. The quantitative estimate of drug-likeness (QED) is 0.205. The lowest BCUT2D eigenvalue weighted by molar-refractivity contribution is 0.254. The predicted molar refractivity (Wildman–Crippen MR) is 157 cm³/mol. The maximum Gasteiger partial charge on any atom is 0.260 e. The highest BCUT2D eigenvalue weighted by atomic mass is 35.5. The van der Waals surface area contributed by atoms with E-state index in [0.29, 0.717) is 24.1 Å². The number of sulfonamides is 1. The minimum Gasteiger partial charge on any atom is -0.350 e. The fourth-order valence-electron chi connectivity index (χ4n) is 4.96. The monoisotopic (exact) mass is 638 g/mol. The Morgan fingerprint density at radius 1 is 1.12 bits per heavy atom. The van der Waals surface area contributed by atoms with Gasteiger partial charge in [0, 0.05) is 67.1 Å². The van der Waals surface area contributed by atoms with E-state index in [1.807, 2.05) is 0 Å². The van der Waals surface area contributed by atoms with Crippen LogP contribution < -0.4 is 20.0 Å². The molecule has 43 heavy (non-hydrogen) atoms. The van der Waals surface area contributed by atoms with Crippen LogP contribution in [0.5, 0.6) is 0 Å². The molecule has 1 aliphatic heterocycles. The van der Waals surface area contributed by atoms with E-state index < -0.39 is 62.3 Å². The molecular weight excluding hydrogens is 612 g/mol. The summed E-state index contributed by atoms with van der Waals surface area (Å²) in [6.07, 6.45) is 0.620. The Bertz CT molecular complexity index is 1820. The molecule has 15 heteroatoms. The van der Waals surface area contributed by atoms with Gasteiger partial charge < -0.3 is 10.6 Å². The fraction of sp³-hybridized carbons (Fsp3) is 0.321. The standard InChI is InChI=1S/C28H27ClF4N6O3S/c1-15(2)38-26-17(11-35-28(37-26)36-20-8-19(31)12-34-13-20)7-22(27(38)40)25-23(32)9-21(10-24(25)33)39(29)43(41,42)14-16-3-5-18(30)6-4-16/h3-7,9-11,15,19-20,34H,8,12-14H2,1-2H3,(H,35,36,37)/t19-,20-/m0/s1. The zero-order valence-corrected chi connectivity index (χ0v) is 24.6. The van der Waals surface area contributed by atoms with Gasteiger partial charge in [-0.25, -0.2) is 31.0 Å². The van der Waals surface area contributed by atoms with Crippen LogP contribution in [0, 0.1) is 17.5 Å². The van der Waals surface area contributed by atoms with Crippen molar-refractivity contribution < 1.29 is 26.0 Å². The van der Waals surface area contributed by atoms with E-state index in [1.165, 1.54) is 29.0 Å². The summed E-state index contributed by atoms with van der Waals surface area (Å²) >= 11 is 6.02. The van der Waals surface area contributed by atoms with Crippen molar-refractivity contribution in [3.63, 3.8) is 0 Å². The molecule has 1 aliphatic rings. The maximum absolute atomic E-state index is 15.5. The average molecular weight is 639 g/mol. The third-order valence-electron chi connectivity index (χ3n) is 6.93. The number of piperidine rings is 1. The first-order valence-corrected chi connectivity index (χ1v) is 15.2. The van der Waals surface area contributed by atoms with Crippen molar-refractivity contribution in [3.8, 4) is 11.1 Å². The summed E-state index contributed by atoms with van der Waals surface area (Å²) in [7, 11) is -4.33. The molecule has 3 heterocycles. The number of nitrogens with one attached hydrogen (secondary N) is 2. The molecular formula is C28H27ClF4N6O3S. The van der Waals surface area contributed by atoms with Crippen LogP contribution in [0.15, 0.2) is 53.5 Å². The molecule has 0 saturated carbocycles. The Hall–Kier alpha value is -3.75. The first kappa shape index (κ1) is 30.7. The Kier molecular flexibility index (Phi) is 8.63. The third kappa shape index (κ3) is 6.45. The fourth-order valence-corrected chi connectivity index (χ4v) is 6.35. The maximum atomic E-state index is 15.5. The molecule has 2 aromatic carbocycles. The Morgan fingerprint density at radius 2 is 1.79 bits per heavy atom. The van der Waals surface area contributed by atoms with Crippen molar-refractivity contribution in [2.75, 3.05) is 22.2 Å². The van der Waals surface area contributed by atoms with Crippen LogP contribution in [0.4, 0.5) is 29.2 Å². The number of halogens is 5. The van der Waals surface area contributed by atoms with Crippen LogP contribution in [0.3, 0.4) is 0 Å². The number of alkyl halides is 1. The van der Waals surface area contributed by atoms with E-state index in [1.54, 1.807) is 13.8 Å². The van der Waals surface area contributed by atoms with E-state index in [0.717, 1.165) is 12.1 Å². The number of pyridine rings is 1. The van der Waals surface area contributed by atoms with Crippen LogP contribution in [0.25, 0.3) is 22.2 Å². The molecule has 4 aromatic rings. The lowest BCUT2D eigenvalue weighted by atomic mass is 10.0. The summed E-state index contributed by atoms with van der Waals surface area (Å²) in [6, 6.07) is 6.54. The topological polar surface area (TPSA) is 109 Å². The third-order valence-corrected chi connectivity index (χ3v) is 9.15. The molecule has 2 N–H and O–H groups in total. The molecule has 0 amide bonds. The molecule has 0 bridgehead atoms. The van der Waals surface area contributed by atoms with Crippen molar-refractivity contribution in [3.05, 3.63) is 82.0 Å². The van der Waals surface area contributed by atoms with E-state index >= 15 is 8.78 Å². The highest BCUT2D eigenvalue weighted by Crippen LogP contribution is 2.33. The van der Waals surface area contributed by atoms with Gasteiger partial charge in [-0.05, 0) is 37.6 Å². The smallest absolute Gasteiger partial charge is 0.260 e. The first-order chi connectivity index (χ1) is 20.3. The molecule has 0 aliphatic carbocycles. The van der Waals surface area contributed by atoms with Gasteiger partial charge in [-0.1, -0.05) is 12.1 Å². The van der Waals surface area contributed by atoms with Gasteiger partial charge in [0.1, 0.15) is 29.3 Å². The Balaban J connectivity index is 1.51. The number of aromatic nitrogens is 3. The number of hydrogen-bond acceptors (Lipinski definition) is 7. The van der Waals surface area contributed by atoms with Crippen molar-refractivity contribution in [2.24, 2.45) is 0 Å². The van der Waals surface area contributed by atoms with E-state index in [2.05, 4.69) is 20.6 Å². The van der Waals surface area contributed by atoms with Gasteiger partial charge >= 0.3 is 0 Å². The SMILES string of the molecule is CC(C)n1c(=O)c(-c2c(F)cc(N(Cl)S(=O)(=O)Cc3ccc(F)cc3)cc2F)cc2cnc(N[C@@H]3CNC[C@@H](F)C3)nc21. The zero-order valence-electron chi connectivity index (χ0n) is 23.0. The van der Waals surface area contributed by atoms with Crippen LogP contribution in [0.2, 0.25) is 0 Å². The molecule has 1 saturated heterocycles. The second-order valence-corrected chi connectivity index (χ2v) is 12.9. The Labute approximate surface area is 249 Å². The molecule has 1 fully saturated rings. The van der Waals surface area contributed by atoms with Crippen molar-refractivity contribution >= 4 is 44.5 Å². The largest absolute Gasteiger partial charge is 0.350 e. The van der Waals surface area contributed by atoms with Gasteiger partial charge in [0.2, 0.25) is 5.95 Å². The molecule has 0 radical (unpaired) electrons. The highest BCUT2D eigenvalue weighted by Gasteiger charge is 2.27. The molecule has 0 unspecified atom stereocenters. The summed E-state index contributed by atoms with van der Waals surface area (Å²) in [5, 5.41) is 6.34. The van der Waals surface area contributed by atoms with Crippen LogP contribution >= 0.6 is 11.8 Å². The van der Waals surface area contributed by atoms with E-state index in [4.69, 9.17) is 11.8 Å². The van der Waals surface area contributed by atoms with Crippen LogP contribution in [-0.4, -0.2) is 48.3 Å². The number of benzene rings is 2. The van der Waals surface area contributed by atoms with Crippen LogP contribution in [-0.2, 0) is 15.8 Å². The molecule has 0 spiro atoms. The first-order valence-electron chi connectivity index (χ1n) is 13.3. The number of fused-ring (bicyclic) bond motifs is 1. The van der Waals surface area contributed by atoms with Crippen molar-refractivity contribution in [1.29, 1.82) is 0 Å². The predicted octanol–water partition coefficient (Wildman–Crippen LogP) is 5.06. The molecule has 9 nitrogen and oxygen atoms in total. The van der Waals surface area contributed by atoms with Gasteiger partial charge in [-0.2, -0.15) is 8.81 Å². The second-order valence-electron chi connectivity index (χ2n) is 10.5. The lowest BCUT2D eigenvalue weighted by Crippen LogP contribution is -2.44. The Morgan fingerprint density at radius 3 is 2.42 bits per heavy atom. The number of anilines is 2. The minimum absolute atomic E-state index is 0.167. The summed E-state index contributed by atoms with van der Waals surface area (Å²) in [4.78, 5) is 22.3. The summed E-state index contributed by atoms with van der Waals surface area (Å²) < 4.78 is 85.1. The average Bonchev–Trinajstić information content (AvgIpc) is 2.93. The molecule has 228 valence electrons. The van der Waals surface area contributed by atoms with Gasteiger partial charge in [-0.3, -0.25) is 9.36 Å². The second kappa shape index (κ2) is 12.1. The van der Waals surface area contributed by atoms with E-state index in [-0.39, 0.29) is 45.6 Å². The number of hydrogen-bond donors (Lipinski definition) is 2. The normalized spacial score (nSPS) is 17.4. The van der Waals surface area contributed by atoms with E-state index in [9.17, 15) is 22.0 Å². The van der Waals surface area contributed by atoms with Crippen molar-refractivity contribution in [1.82, 2.24) is 19.9 Å². The van der Waals surface area contributed by atoms with Crippen molar-refractivity contribution in [2.45, 2.75) is 44.3 Å². The number of nitrogens with zero attached hydrogens (tertiary/aromatic N) is 4. The molecule has 2 aromatic heterocycles. The minimum atomic E-state index is -4.33. The molecule has 5 rings (SSSR count). The highest BCUT2D eigenvalue weighted by molar-refractivity contribution is 7.93. The van der Waals surface area contributed by atoms with Crippen LogP contribution in [0.1, 0.15) is 31.9 Å². The van der Waals surface area contributed by atoms with Gasteiger partial charge in [0.15, 0.2) is 0 Å². The zero-order chi connectivity index (χ0) is 31.1. The van der Waals surface area contributed by atoms with Gasteiger partial charge in [0.05, 0.1) is 22.6 Å². The van der Waals surface area contributed by atoms with Gasteiger partial charge in [-0.15, -0.1) is 0 Å². The van der Waals surface area contributed by atoms with Gasteiger partial charge in [0.25, 0.3) is 15.6 Å². The summed E-state index contributed by atoms with van der Waals surface area (Å²) in [6.45, 7) is 4.16. The summed E-state index contributed by atoms with van der Waals surface area (Å²) in [5.41, 5.74) is -1.88. The summed E-state index contributed by atoms with van der Waals surface area (Å²) in [5.74, 6) is -3.51.